The molecule has 1 N–H and O–H groups in total. The summed E-state index contributed by atoms with van der Waals surface area (Å²) in [5.41, 5.74) is 6.67. The lowest BCUT2D eigenvalue weighted by Gasteiger charge is -2.33. The van der Waals surface area contributed by atoms with Crippen LogP contribution in [0.25, 0.3) is 11.1 Å². The Morgan fingerprint density at radius 2 is 2.00 bits per heavy atom. The predicted molar refractivity (Wildman–Crippen MR) is 90.8 cm³/mol. The van der Waals surface area contributed by atoms with Gasteiger partial charge in [-0.15, -0.1) is 0 Å². The van der Waals surface area contributed by atoms with Crippen LogP contribution in [0.2, 0.25) is 0 Å². The van der Waals surface area contributed by atoms with Crippen LogP contribution in [-0.2, 0) is 0 Å². The Labute approximate surface area is 127 Å². The average molecular weight is 283 g/mol. The fraction of sp³-hybridized carbons (Fsp3) is 0.474. The van der Waals surface area contributed by atoms with Crippen molar-refractivity contribution >= 4 is 16.8 Å². The minimum Gasteiger partial charge on any atom is -0.494 e. The number of benzene rings is 1. The normalized spacial score (nSPS) is 19.4. The maximum absolute atomic E-state index is 5.79. The van der Waals surface area contributed by atoms with Gasteiger partial charge in [-0.25, -0.2) is 0 Å². The molecule has 0 saturated heterocycles. The van der Waals surface area contributed by atoms with Crippen LogP contribution in [0.15, 0.2) is 24.3 Å². The maximum Gasteiger partial charge on any atom is 0.120 e. The summed E-state index contributed by atoms with van der Waals surface area (Å²) in [6.45, 7) is 9.40. The van der Waals surface area contributed by atoms with E-state index in [1.807, 2.05) is 6.92 Å². The Balaban J connectivity index is 2.17. The Morgan fingerprint density at radius 3 is 2.67 bits per heavy atom. The molecule has 0 spiro atoms. The molecule has 1 aliphatic carbocycles. The number of anilines is 1. The summed E-state index contributed by atoms with van der Waals surface area (Å²) in [4.78, 5) is 0. The highest BCUT2D eigenvalue weighted by atomic mass is 16.5. The van der Waals surface area contributed by atoms with Crippen molar-refractivity contribution in [1.29, 1.82) is 0 Å². The van der Waals surface area contributed by atoms with Crippen molar-refractivity contribution in [3.8, 4) is 5.75 Å². The molecule has 0 radical (unpaired) electrons. The molecule has 0 fully saturated rings. The van der Waals surface area contributed by atoms with Gasteiger partial charge in [-0.1, -0.05) is 12.2 Å². The zero-order valence-electron chi connectivity index (χ0n) is 13.5. The summed E-state index contributed by atoms with van der Waals surface area (Å²) < 4.78 is 5.79. The molecule has 21 heavy (non-hydrogen) atoms. The summed E-state index contributed by atoms with van der Waals surface area (Å²) >= 11 is 0. The third-order valence-electron chi connectivity index (χ3n) is 4.26. The monoisotopic (exact) mass is 283 g/mol. The molecule has 0 bridgehead atoms. The SMILES string of the molecule is CCOc1cc2c(c(C3=CCCC3)c1)NC(C)(C)C=C2C. The van der Waals surface area contributed by atoms with E-state index in [1.54, 1.807) is 0 Å². The highest BCUT2D eigenvalue weighted by Gasteiger charge is 2.26. The third kappa shape index (κ3) is 2.72. The van der Waals surface area contributed by atoms with Gasteiger partial charge in [-0.05, 0) is 70.2 Å². The number of fused-ring (bicyclic) bond motifs is 1. The summed E-state index contributed by atoms with van der Waals surface area (Å²) in [6, 6.07) is 4.38. The van der Waals surface area contributed by atoms with Crippen LogP contribution in [0.5, 0.6) is 5.75 Å². The molecule has 1 heterocycles. The first-order chi connectivity index (χ1) is 10.00. The molecule has 0 saturated carbocycles. The molecule has 0 unspecified atom stereocenters. The van der Waals surface area contributed by atoms with E-state index in [2.05, 4.69) is 50.4 Å². The molecule has 0 aromatic heterocycles. The molecule has 1 aromatic rings. The molecule has 1 aliphatic heterocycles. The second-order valence-electron chi connectivity index (χ2n) is 6.62. The number of hydrogen-bond acceptors (Lipinski definition) is 2. The van der Waals surface area contributed by atoms with E-state index in [0.29, 0.717) is 6.61 Å². The van der Waals surface area contributed by atoms with E-state index in [9.17, 15) is 0 Å². The van der Waals surface area contributed by atoms with Gasteiger partial charge in [0.2, 0.25) is 0 Å². The minimum absolute atomic E-state index is 0.00186. The Kier molecular flexibility index (Phi) is 3.56. The number of ether oxygens (including phenoxy) is 1. The highest BCUT2D eigenvalue weighted by Crippen LogP contribution is 2.43. The molecule has 112 valence electrons. The zero-order valence-corrected chi connectivity index (χ0v) is 13.5. The lowest BCUT2D eigenvalue weighted by Crippen LogP contribution is -2.32. The minimum atomic E-state index is -0.00186. The Hall–Kier alpha value is -1.70. The largest absolute Gasteiger partial charge is 0.494 e. The second-order valence-corrected chi connectivity index (χ2v) is 6.62. The molecule has 2 heteroatoms. The fourth-order valence-electron chi connectivity index (χ4n) is 3.46. The van der Waals surface area contributed by atoms with Crippen LogP contribution in [0, 0.1) is 0 Å². The first kappa shape index (κ1) is 14.2. The van der Waals surface area contributed by atoms with E-state index in [0.717, 1.165) is 5.75 Å². The van der Waals surface area contributed by atoms with Crippen molar-refractivity contribution in [1.82, 2.24) is 0 Å². The highest BCUT2D eigenvalue weighted by molar-refractivity contribution is 5.90. The van der Waals surface area contributed by atoms with Gasteiger partial charge in [0.1, 0.15) is 5.75 Å². The third-order valence-corrected chi connectivity index (χ3v) is 4.26. The number of allylic oxidation sites excluding steroid dienone is 3. The van der Waals surface area contributed by atoms with Crippen molar-refractivity contribution < 1.29 is 4.74 Å². The Bertz CT molecular complexity index is 623. The van der Waals surface area contributed by atoms with E-state index in [1.165, 1.54) is 47.2 Å². The lowest BCUT2D eigenvalue weighted by atomic mass is 9.87. The average Bonchev–Trinajstić information content (AvgIpc) is 2.92. The molecule has 0 amide bonds. The topological polar surface area (TPSA) is 21.3 Å². The van der Waals surface area contributed by atoms with Gasteiger partial charge >= 0.3 is 0 Å². The summed E-state index contributed by atoms with van der Waals surface area (Å²) in [7, 11) is 0. The van der Waals surface area contributed by atoms with Gasteiger partial charge in [0.05, 0.1) is 17.8 Å². The van der Waals surface area contributed by atoms with Crippen LogP contribution >= 0.6 is 0 Å². The van der Waals surface area contributed by atoms with Gasteiger partial charge in [-0.3, -0.25) is 0 Å². The van der Waals surface area contributed by atoms with Crippen LogP contribution in [0.1, 0.15) is 58.1 Å². The van der Waals surface area contributed by atoms with Crippen LogP contribution < -0.4 is 10.1 Å². The van der Waals surface area contributed by atoms with Gasteiger partial charge < -0.3 is 10.1 Å². The molecule has 3 rings (SSSR count). The van der Waals surface area contributed by atoms with Gasteiger partial charge in [-0.2, -0.15) is 0 Å². The molecule has 2 nitrogen and oxygen atoms in total. The molecular weight excluding hydrogens is 258 g/mol. The summed E-state index contributed by atoms with van der Waals surface area (Å²) in [5, 5.41) is 3.71. The molecule has 0 atom stereocenters. The van der Waals surface area contributed by atoms with Crippen LogP contribution in [-0.4, -0.2) is 12.1 Å². The first-order valence-corrected chi connectivity index (χ1v) is 7.98. The van der Waals surface area contributed by atoms with Crippen molar-refractivity contribution in [2.24, 2.45) is 0 Å². The van der Waals surface area contributed by atoms with Gasteiger partial charge in [0, 0.05) is 11.1 Å². The molecule has 2 aliphatic rings. The molecule has 1 aromatic carbocycles. The fourth-order valence-corrected chi connectivity index (χ4v) is 3.46. The second kappa shape index (κ2) is 5.25. The summed E-state index contributed by atoms with van der Waals surface area (Å²) in [6.07, 6.45) is 8.32. The number of hydrogen-bond donors (Lipinski definition) is 1. The number of nitrogens with one attached hydrogen (secondary N) is 1. The van der Waals surface area contributed by atoms with E-state index in [-0.39, 0.29) is 5.54 Å². The van der Waals surface area contributed by atoms with E-state index in [4.69, 9.17) is 4.74 Å². The maximum atomic E-state index is 5.79. The lowest BCUT2D eigenvalue weighted by molar-refractivity contribution is 0.340. The standard InChI is InChI=1S/C19H25NO/c1-5-21-15-10-16-13(2)12-19(3,4)20-18(16)17(11-15)14-8-6-7-9-14/h8,10-12,20H,5-7,9H2,1-4H3. The van der Waals surface area contributed by atoms with E-state index < -0.39 is 0 Å². The van der Waals surface area contributed by atoms with Gasteiger partial charge in [0.25, 0.3) is 0 Å². The Morgan fingerprint density at radius 1 is 1.24 bits per heavy atom. The zero-order chi connectivity index (χ0) is 15.0. The summed E-state index contributed by atoms with van der Waals surface area (Å²) in [5.74, 6) is 0.980. The predicted octanol–water partition coefficient (Wildman–Crippen LogP) is 5.26. The van der Waals surface area contributed by atoms with E-state index >= 15 is 0 Å². The van der Waals surface area contributed by atoms with Crippen LogP contribution in [0.3, 0.4) is 0 Å². The van der Waals surface area contributed by atoms with Crippen molar-refractivity contribution in [3.63, 3.8) is 0 Å². The van der Waals surface area contributed by atoms with Crippen molar-refractivity contribution in [2.75, 3.05) is 11.9 Å². The first-order valence-electron chi connectivity index (χ1n) is 7.98. The number of rotatable bonds is 3. The van der Waals surface area contributed by atoms with Gasteiger partial charge in [0.15, 0.2) is 0 Å². The molecular formula is C19H25NO. The smallest absolute Gasteiger partial charge is 0.120 e. The van der Waals surface area contributed by atoms with Crippen LogP contribution in [0.4, 0.5) is 5.69 Å². The van der Waals surface area contributed by atoms with Crippen molar-refractivity contribution in [3.05, 3.63) is 35.4 Å². The van der Waals surface area contributed by atoms with Crippen molar-refractivity contribution in [2.45, 2.75) is 52.5 Å². The quantitative estimate of drug-likeness (QED) is 0.817.